The highest BCUT2D eigenvalue weighted by Gasteiger charge is 2.26. The van der Waals surface area contributed by atoms with Crippen LogP contribution in [-0.2, 0) is 0 Å². The van der Waals surface area contributed by atoms with Crippen molar-refractivity contribution in [1.82, 2.24) is 24.5 Å². The van der Waals surface area contributed by atoms with Crippen LogP contribution in [0.15, 0.2) is 53.5 Å². The molecule has 8 nitrogen and oxygen atoms in total. The molecular weight excluding hydrogens is 370 g/mol. The molecule has 1 aliphatic rings. The van der Waals surface area contributed by atoms with Gasteiger partial charge in [-0.3, -0.25) is 9.78 Å². The van der Waals surface area contributed by atoms with E-state index in [9.17, 15) is 14.7 Å². The predicted octanol–water partition coefficient (Wildman–Crippen LogP) is 3.10. The quantitative estimate of drug-likeness (QED) is 0.548. The van der Waals surface area contributed by atoms with Crippen molar-refractivity contribution in [3.8, 4) is 11.3 Å². The number of likely N-dealkylation sites (tertiary alicyclic amines) is 1. The molecule has 29 heavy (non-hydrogen) atoms. The van der Waals surface area contributed by atoms with Crippen LogP contribution in [0.1, 0.15) is 24.5 Å². The molecule has 0 atom stereocenters. The van der Waals surface area contributed by atoms with E-state index in [0.717, 1.165) is 27.9 Å². The highest BCUT2D eigenvalue weighted by atomic mass is 16.4. The van der Waals surface area contributed by atoms with E-state index in [1.54, 1.807) is 16.8 Å². The van der Waals surface area contributed by atoms with Crippen molar-refractivity contribution in [2.45, 2.75) is 18.8 Å². The molecule has 1 fully saturated rings. The third-order valence-electron chi connectivity index (χ3n) is 5.59. The Kier molecular flexibility index (Phi) is 4.04. The molecule has 1 aliphatic heterocycles. The number of amides is 1. The zero-order valence-corrected chi connectivity index (χ0v) is 15.6. The first-order valence-corrected chi connectivity index (χ1v) is 9.56. The van der Waals surface area contributed by atoms with E-state index in [0.29, 0.717) is 31.6 Å². The van der Waals surface area contributed by atoms with Crippen LogP contribution in [0.4, 0.5) is 4.79 Å². The molecular formula is C21H19N5O3. The normalized spacial score (nSPS) is 15.2. The number of hydrogen-bond acceptors (Lipinski definition) is 4. The van der Waals surface area contributed by atoms with Crippen molar-refractivity contribution in [2.75, 3.05) is 13.1 Å². The van der Waals surface area contributed by atoms with Crippen molar-refractivity contribution in [2.24, 2.45) is 0 Å². The maximum absolute atomic E-state index is 12.5. The highest BCUT2D eigenvalue weighted by molar-refractivity contribution is 6.03. The van der Waals surface area contributed by atoms with Crippen LogP contribution in [0.3, 0.4) is 0 Å². The van der Waals surface area contributed by atoms with Gasteiger partial charge in [0.15, 0.2) is 0 Å². The molecule has 1 saturated heterocycles. The third-order valence-corrected chi connectivity index (χ3v) is 5.59. The van der Waals surface area contributed by atoms with E-state index in [2.05, 4.69) is 9.97 Å². The Balaban J connectivity index is 1.68. The molecule has 0 unspecified atom stereocenters. The fraction of sp³-hybridized carbons (Fsp3) is 0.238. The number of fused-ring (bicyclic) bond motifs is 3. The molecule has 0 spiro atoms. The summed E-state index contributed by atoms with van der Waals surface area (Å²) in [5.74, 6) is 0.0722. The van der Waals surface area contributed by atoms with E-state index < -0.39 is 6.09 Å². The summed E-state index contributed by atoms with van der Waals surface area (Å²) in [7, 11) is 0. The first-order chi connectivity index (χ1) is 14.1. The first-order valence-electron chi connectivity index (χ1n) is 9.56. The SMILES string of the molecule is O=C(O)N1CCC(c2cc(=O)[nH]c3c4c(-c5ccccn5)cccc4nn23)CC1. The second-order valence-electron chi connectivity index (χ2n) is 7.28. The molecule has 4 aromatic rings. The number of carbonyl (C=O) groups is 1. The number of nitrogens with zero attached hydrogens (tertiary/aromatic N) is 4. The number of carboxylic acid groups (broad SMARTS) is 1. The monoisotopic (exact) mass is 389 g/mol. The maximum Gasteiger partial charge on any atom is 0.407 e. The van der Waals surface area contributed by atoms with E-state index in [4.69, 9.17) is 5.10 Å². The molecule has 0 aliphatic carbocycles. The molecule has 8 heteroatoms. The van der Waals surface area contributed by atoms with E-state index in [-0.39, 0.29) is 11.5 Å². The Labute approximate surface area is 165 Å². The van der Waals surface area contributed by atoms with Gasteiger partial charge in [-0.1, -0.05) is 18.2 Å². The Morgan fingerprint density at radius 2 is 1.97 bits per heavy atom. The van der Waals surface area contributed by atoms with Gasteiger partial charge in [0.2, 0.25) is 0 Å². The molecule has 1 amide bonds. The molecule has 2 N–H and O–H groups in total. The van der Waals surface area contributed by atoms with Gasteiger partial charge in [-0.15, -0.1) is 0 Å². The molecule has 3 aromatic heterocycles. The van der Waals surface area contributed by atoms with E-state index >= 15 is 0 Å². The topological polar surface area (TPSA) is 104 Å². The molecule has 0 radical (unpaired) electrons. The number of aromatic amines is 1. The Morgan fingerprint density at radius 1 is 1.14 bits per heavy atom. The second-order valence-corrected chi connectivity index (χ2v) is 7.28. The summed E-state index contributed by atoms with van der Waals surface area (Å²) in [6.07, 6.45) is 2.16. The van der Waals surface area contributed by atoms with Crippen LogP contribution in [0.2, 0.25) is 0 Å². The minimum absolute atomic E-state index is 0.0722. The Hall–Kier alpha value is -3.68. The Bertz CT molecular complexity index is 1270. The van der Waals surface area contributed by atoms with Gasteiger partial charge in [0.1, 0.15) is 5.65 Å². The lowest BCUT2D eigenvalue weighted by Crippen LogP contribution is -2.37. The van der Waals surface area contributed by atoms with Gasteiger partial charge in [-0.05, 0) is 31.0 Å². The largest absolute Gasteiger partial charge is 0.465 e. The summed E-state index contributed by atoms with van der Waals surface area (Å²) in [5.41, 5.74) is 3.77. The lowest BCUT2D eigenvalue weighted by Gasteiger charge is -2.30. The lowest BCUT2D eigenvalue weighted by atomic mass is 9.93. The average Bonchev–Trinajstić information content (AvgIpc) is 3.12. The van der Waals surface area contributed by atoms with Gasteiger partial charge >= 0.3 is 6.09 Å². The van der Waals surface area contributed by atoms with Gasteiger partial charge in [-0.2, -0.15) is 5.10 Å². The number of pyridine rings is 1. The Morgan fingerprint density at radius 3 is 2.69 bits per heavy atom. The summed E-state index contributed by atoms with van der Waals surface area (Å²) >= 11 is 0. The number of rotatable bonds is 2. The minimum Gasteiger partial charge on any atom is -0.465 e. The van der Waals surface area contributed by atoms with Crippen LogP contribution in [0.5, 0.6) is 0 Å². The van der Waals surface area contributed by atoms with Crippen LogP contribution in [-0.4, -0.2) is 48.8 Å². The molecule has 4 heterocycles. The van der Waals surface area contributed by atoms with Gasteiger partial charge in [0, 0.05) is 36.8 Å². The predicted molar refractivity (Wildman–Crippen MR) is 108 cm³/mol. The zero-order chi connectivity index (χ0) is 20.0. The van der Waals surface area contributed by atoms with Crippen LogP contribution in [0, 0.1) is 0 Å². The lowest BCUT2D eigenvalue weighted by molar-refractivity contribution is 0.131. The minimum atomic E-state index is -0.899. The summed E-state index contributed by atoms with van der Waals surface area (Å²) in [6.45, 7) is 0.905. The van der Waals surface area contributed by atoms with Crippen molar-refractivity contribution >= 4 is 22.6 Å². The number of nitrogens with one attached hydrogen (secondary N) is 1. The molecule has 0 bridgehead atoms. The van der Waals surface area contributed by atoms with Crippen molar-refractivity contribution in [1.29, 1.82) is 0 Å². The van der Waals surface area contributed by atoms with Gasteiger partial charge in [0.25, 0.3) is 5.56 Å². The summed E-state index contributed by atoms with van der Waals surface area (Å²) in [4.78, 5) is 32.5. The van der Waals surface area contributed by atoms with Gasteiger partial charge in [0.05, 0.1) is 22.3 Å². The van der Waals surface area contributed by atoms with Crippen LogP contribution >= 0.6 is 0 Å². The van der Waals surface area contributed by atoms with Crippen molar-refractivity contribution in [3.05, 3.63) is 64.7 Å². The highest BCUT2D eigenvalue weighted by Crippen LogP contribution is 2.32. The third kappa shape index (κ3) is 2.93. The smallest absolute Gasteiger partial charge is 0.407 e. The summed E-state index contributed by atoms with van der Waals surface area (Å²) < 4.78 is 1.81. The van der Waals surface area contributed by atoms with Gasteiger partial charge < -0.3 is 15.0 Å². The molecule has 1 aromatic carbocycles. The van der Waals surface area contributed by atoms with Crippen molar-refractivity contribution in [3.63, 3.8) is 0 Å². The van der Waals surface area contributed by atoms with Gasteiger partial charge in [-0.25, -0.2) is 9.31 Å². The van der Waals surface area contributed by atoms with E-state index in [1.807, 2.05) is 36.4 Å². The summed E-state index contributed by atoms with van der Waals surface area (Å²) in [5, 5.41) is 14.8. The molecule has 146 valence electrons. The maximum atomic E-state index is 12.5. The molecule has 0 saturated carbocycles. The number of hydrogen-bond donors (Lipinski definition) is 2. The molecule has 5 rings (SSSR count). The standard InChI is InChI=1S/C21H19N5O3/c27-18-12-17(13-7-10-25(11-8-13)21(28)29)26-20(23-18)19-14(4-3-6-16(19)24-26)15-5-1-2-9-22-15/h1-6,9,12-13H,7-8,10-11H2,(H,23,27)(H,28,29). The first kappa shape index (κ1) is 17.4. The van der Waals surface area contributed by atoms with Crippen molar-refractivity contribution < 1.29 is 9.90 Å². The second kappa shape index (κ2) is 6.73. The average molecular weight is 389 g/mol. The zero-order valence-electron chi connectivity index (χ0n) is 15.6. The number of piperidine rings is 1. The number of benzene rings is 1. The fourth-order valence-corrected chi connectivity index (χ4v) is 4.18. The van der Waals surface area contributed by atoms with Crippen LogP contribution < -0.4 is 5.56 Å². The number of aromatic nitrogens is 4. The van der Waals surface area contributed by atoms with E-state index in [1.165, 1.54) is 4.90 Å². The van der Waals surface area contributed by atoms with Crippen LogP contribution in [0.25, 0.3) is 27.8 Å². The number of H-pyrrole nitrogens is 1. The fourth-order valence-electron chi connectivity index (χ4n) is 4.18. The summed E-state index contributed by atoms with van der Waals surface area (Å²) in [6, 6.07) is 13.1.